The number of rotatable bonds is 3. The lowest BCUT2D eigenvalue weighted by Gasteiger charge is -2.25. The number of morpholine rings is 1. The first kappa shape index (κ1) is 13.9. The van der Waals surface area contributed by atoms with E-state index in [0.717, 1.165) is 36.3 Å². The van der Waals surface area contributed by atoms with Gasteiger partial charge in [-0.25, -0.2) is 4.68 Å². The highest BCUT2D eigenvalue weighted by molar-refractivity contribution is 9.10. The zero-order valence-electron chi connectivity index (χ0n) is 10.8. The minimum atomic E-state index is 0.395. The molecule has 5 nitrogen and oxygen atoms in total. The average Bonchev–Trinajstić information content (AvgIpc) is 2.81. The second-order valence-electron chi connectivity index (χ2n) is 4.55. The zero-order valence-corrected chi connectivity index (χ0v) is 13.2. The Labute approximate surface area is 130 Å². The summed E-state index contributed by atoms with van der Waals surface area (Å²) in [5.74, 6) is 0.546. The van der Waals surface area contributed by atoms with E-state index in [4.69, 9.17) is 21.4 Å². The number of aromatic nitrogens is 2. The molecule has 1 aromatic heterocycles. The van der Waals surface area contributed by atoms with Crippen LogP contribution in [0.15, 0.2) is 33.2 Å². The molecule has 1 saturated heterocycles. The molecule has 7 heteroatoms. The molecule has 3 rings (SSSR count). The van der Waals surface area contributed by atoms with Gasteiger partial charge in [-0.3, -0.25) is 4.90 Å². The fraction of sp³-hybridized carbons (Fsp3) is 0.385. The second-order valence-corrected chi connectivity index (χ2v) is 5.82. The van der Waals surface area contributed by atoms with Gasteiger partial charge in [-0.05, 0) is 30.4 Å². The van der Waals surface area contributed by atoms with Gasteiger partial charge in [0.15, 0.2) is 0 Å². The lowest BCUT2D eigenvalue weighted by molar-refractivity contribution is 0.0206. The average molecular weight is 356 g/mol. The van der Waals surface area contributed by atoms with Crippen molar-refractivity contribution in [2.45, 2.75) is 6.67 Å². The molecule has 0 radical (unpaired) electrons. The maximum absolute atomic E-state index is 5.59. The van der Waals surface area contributed by atoms with Gasteiger partial charge in [0, 0.05) is 23.1 Å². The fourth-order valence-corrected chi connectivity index (χ4v) is 2.64. The van der Waals surface area contributed by atoms with Crippen LogP contribution in [0.25, 0.3) is 11.5 Å². The lowest BCUT2D eigenvalue weighted by atomic mass is 10.2. The monoisotopic (exact) mass is 355 g/mol. The van der Waals surface area contributed by atoms with Crippen LogP contribution in [0.2, 0.25) is 0 Å². The number of hydrogen-bond donors (Lipinski definition) is 0. The predicted octanol–water partition coefficient (Wildman–Crippen LogP) is 2.92. The second kappa shape index (κ2) is 6.17. The van der Waals surface area contributed by atoms with Crippen LogP contribution >= 0.6 is 28.1 Å². The molecule has 0 unspecified atom stereocenters. The molecule has 1 aliphatic rings. The van der Waals surface area contributed by atoms with Gasteiger partial charge in [0.2, 0.25) is 5.89 Å². The Morgan fingerprint density at radius 2 is 2.10 bits per heavy atom. The van der Waals surface area contributed by atoms with Crippen molar-refractivity contribution in [3.8, 4) is 11.5 Å². The van der Waals surface area contributed by atoms with Crippen molar-refractivity contribution < 1.29 is 9.15 Å². The smallest absolute Gasteiger partial charge is 0.288 e. The van der Waals surface area contributed by atoms with Crippen molar-refractivity contribution >= 4 is 28.1 Å². The predicted molar refractivity (Wildman–Crippen MR) is 80.9 cm³/mol. The van der Waals surface area contributed by atoms with Crippen molar-refractivity contribution in [2.24, 2.45) is 0 Å². The van der Waals surface area contributed by atoms with Crippen LogP contribution < -0.4 is 0 Å². The molecular weight excluding hydrogens is 342 g/mol. The van der Waals surface area contributed by atoms with Crippen molar-refractivity contribution in [1.82, 2.24) is 14.7 Å². The summed E-state index contributed by atoms with van der Waals surface area (Å²) in [6.07, 6.45) is 0. The summed E-state index contributed by atoms with van der Waals surface area (Å²) in [5, 5.41) is 4.46. The molecule has 1 fully saturated rings. The molecule has 20 heavy (non-hydrogen) atoms. The summed E-state index contributed by atoms with van der Waals surface area (Å²) in [5.41, 5.74) is 0.909. The molecule has 0 aliphatic carbocycles. The van der Waals surface area contributed by atoms with Crippen molar-refractivity contribution in [1.29, 1.82) is 0 Å². The third kappa shape index (κ3) is 3.17. The Morgan fingerprint density at radius 3 is 2.85 bits per heavy atom. The van der Waals surface area contributed by atoms with Gasteiger partial charge in [-0.15, -0.1) is 5.10 Å². The van der Waals surface area contributed by atoms with Gasteiger partial charge in [0.05, 0.1) is 19.9 Å². The SMILES string of the molecule is S=c1oc(-c2cccc(Br)c2)nn1CN1CCOCC1. The van der Waals surface area contributed by atoms with E-state index in [1.54, 1.807) is 4.68 Å². The molecular formula is C13H14BrN3O2S. The maximum atomic E-state index is 5.59. The molecule has 2 aromatic rings. The van der Waals surface area contributed by atoms with E-state index in [1.807, 2.05) is 24.3 Å². The first-order valence-corrected chi connectivity index (χ1v) is 7.56. The highest BCUT2D eigenvalue weighted by Crippen LogP contribution is 2.21. The van der Waals surface area contributed by atoms with Crippen LogP contribution in [0.4, 0.5) is 0 Å². The molecule has 0 N–H and O–H groups in total. The Bertz CT molecular complexity index is 649. The molecule has 0 amide bonds. The topological polar surface area (TPSA) is 43.4 Å². The number of hydrogen-bond acceptors (Lipinski definition) is 5. The maximum Gasteiger partial charge on any atom is 0.288 e. The van der Waals surface area contributed by atoms with Crippen LogP contribution in [0, 0.1) is 4.84 Å². The normalized spacial score (nSPS) is 16.4. The zero-order chi connectivity index (χ0) is 13.9. The van der Waals surface area contributed by atoms with E-state index in [2.05, 4.69) is 25.9 Å². The summed E-state index contributed by atoms with van der Waals surface area (Å²) in [6, 6.07) is 7.81. The third-order valence-corrected chi connectivity index (χ3v) is 3.90. The van der Waals surface area contributed by atoms with Crippen molar-refractivity contribution in [2.75, 3.05) is 26.3 Å². The number of benzene rings is 1. The first-order valence-electron chi connectivity index (χ1n) is 6.36. The molecule has 0 saturated carbocycles. The van der Waals surface area contributed by atoms with Gasteiger partial charge < -0.3 is 9.15 Å². The molecule has 106 valence electrons. The molecule has 0 atom stereocenters. The van der Waals surface area contributed by atoms with E-state index < -0.39 is 0 Å². The van der Waals surface area contributed by atoms with E-state index in [1.165, 1.54) is 0 Å². The highest BCUT2D eigenvalue weighted by atomic mass is 79.9. The van der Waals surface area contributed by atoms with Crippen LogP contribution in [0.3, 0.4) is 0 Å². The summed E-state index contributed by atoms with van der Waals surface area (Å²) < 4.78 is 13.6. The van der Waals surface area contributed by atoms with E-state index >= 15 is 0 Å². The van der Waals surface area contributed by atoms with E-state index in [0.29, 0.717) is 17.4 Å². The van der Waals surface area contributed by atoms with Crippen molar-refractivity contribution in [3.05, 3.63) is 33.6 Å². The summed E-state index contributed by atoms with van der Waals surface area (Å²) in [6.45, 7) is 3.93. The quantitative estimate of drug-likeness (QED) is 0.792. The molecule has 1 aliphatic heterocycles. The number of nitrogens with zero attached hydrogens (tertiary/aromatic N) is 3. The first-order chi connectivity index (χ1) is 9.72. The summed E-state index contributed by atoms with van der Waals surface area (Å²) in [7, 11) is 0. The fourth-order valence-electron chi connectivity index (χ4n) is 2.07. The molecule has 0 spiro atoms. The Hall–Kier alpha value is -1.02. The summed E-state index contributed by atoms with van der Waals surface area (Å²) >= 11 is 8.68. The van der Waals surface area contributed by atoms with Crippen LogP contribution in [0.1, 0.15) is 0 Å². The van der Waals surface area contributed by atoms with Crippen LogP contribution in [-0.4, -0.2) is 41.0 Å². The van der Waals surface area contributed by atoms with Gasteiger partial charge in [-0.2, -0.15) is 0 Å². The minimum Gasteiger partial charge on any atom is -0.409 e. The molecule has 0 bridgehead atoms. The molecule has 1 aromatic carbocycles. The van der Waals surface area contributed by atoms with Crippen molar-refractivity contribution in [3.63, 3.8) is 0 Å². The van der Waals surface area contributed by atoms with Gasteiger partial charge in [0.1, 0.15) is 0 Å². The number of halogens is 1. The minimum absolute atomic E-state index is 0.395. The van der Waals surface area contributed by atoms with Crippen LogP contribution in [-0.2, 0) is 11.4 Å². The Morgan fingerprint density at radius 1 is 1.30 bits per heavy atom. The van der Waals surface area contributed by atoms with Gasteiger partial charge in [-0.1, -0.05) is 22.0 Å². The standard InChI is InChI=1S/C13H14BrN3O2S/c14-11-3-1-2-10(8-11)12-15-17(13(20)19-12)9-16-4-6-18-7-5-16/h1-3,8H,4-7,9H2. The number of ether oxygens (including phenoxy) is 1. The van der Waals surface area contributed by atoms with Gasteiger partial charge >= 0.3 is 0 Å². The van der Waals surface area contributed by atoms with Gasteiger partial charge in [0.25, 0.3) is 4.84 Å². The summed E-state index contributed by atoms with van der Waals surface area (Å²) in [4.78, 5) is 2.64. The Kier molecular flexibility index (Phi) is 4.30. The lowest BCUT2D eigenvalue weighted by Crippen LogP contribution is -2.37. The Balaban J connectivity index is 1.81. The third-order valence-electron chi connectivity index (χ3n) is 3.12. The van der Waals surface area contributed by atoms with E-state index in [9.17, 15) is 0 Å². The van der Waals surface area contributed by atoms with E-state index in [-0.39, 0.29) is 0 Å². The highest BCUT2D eigenvalue weighted by Gasteiger charge is 2.14. The van der Waals surface area contributed by atoms with Crippen LogP contribution in [0.5, 0.6) is 0 Å². The molecule has 2 heterocycles. The largest absolute Gasteiger partial charge is 0.409 e.